The van der Waals surface area contributed by atoms with Crippen molar-refractivity contribution in [1.29, 1.82) is 0 Å². The van der Waals surface area contributed by atoms with E-state index in [1.54, 1.807) is 14.0 Å². The predicted octanol–water partition coefficient (Wildman–Crippen LogP) is 0.148. The summed E-state index contributed by atoms with van der Waals surface area (Å²) in [6.07, 6.45) is 0.250. The minimum Gasteiger partial charge on any atom is -0.383 e. The molecule has 1 aliphatic heterocycles. The van der Waals surface area contributed by atoms with Crippen molar-refractivity contribution in [2.24, 2.45) is 0 Å². The van der Waals surface area contributed by atoms with Gasteiger partial charge in [-0.15, -0.1) is 0 Å². The minimum absolute atomic E-state index is 0.0989. The van der Waals surface area contributed by atoms with E-state index in [0.29, 0.717) is 13.2 Å². The number of methoxy groups -OCH3 is 1. The van der Waals surface area contributed by atoms with Crippen LogP contribution in [0, 0.1) is 0 Å². The number of hydrogen-bond donors (Lipinski definition) is 1. The maximum absolute atomic E-state index is 11.8. The number of likely N-dealkylation sites (tertiary alicyclic amines) is 1. The molecule has 0 radical (unpaired) electrons. The molecule has 1 heterocycles. The van der Waals surface area contributed by atoms with E-state index in [9.17, 15) is 9.59 Å². The van der Waals surface area contributed by atoms with Crippen LogP contribution in [0.2, 0.25) is 0 Å². The van der Waals surface area contributed by atoms with Crippen LogP contribution < -0.4 is 5.32 Å². The van der Waals surface area contributed by atoms with Crippen LogP contribution in [-0.2, 0) is 14.3 Å². The molecule has 0 aromatic carbocycles. The number of ether oxygens (including phenoxy) is 1. The molecule has 0 saturated carbocycles. The van der Waals surface area contributed by atoms with E-state index in [2.05, 4.69) is 5.32 Å². The third-order valence-corrected chi connectivity index (χ3v) is 2.63. The number of likely N-dealkylation sites (N-methyl/N-ethyl adjacent to an activating group) is 1. The standard InChI is InChI=1S/C11H20N2O3/c1-5-13-9(14)6-8(10(13)15)12-11(2,3)7-16-4/h8,12H,5-7H2,1-4H3. The molecule has 0 aromatic rings. The molecule has 0 aromatic heterocycles. The molecular formula is C11H20N2O3. The number of nitrogens with zero attached hydrogens (tertiary/aromatic N) is 1. The fraction of sp³-hybridized carbons (Fsp3) is 0.818. The highest BCUT2D eigenvalue weighted by Gasteiger charge is 2.39. The molecule has 1 aliphatic rings. The fourth-order valence-electron chi connectivity index (χ4n) is 2.00. The van der Waals surface area contributed by atoms with Crippen LogP contribution in [0.4, 0.5) is 0 Å². The maximum Gasteiger partial charge on any atom is 0.246 e. The second-order valence-electron chi connectivity index (χ2n) is 4.69. The molecule has 0 spiro atoms. The summed E-state index contributed by atoms with van der Waals surface area (Å²) in [5, 5.41) is 3.16. The van der Waals surface area contributed by atoms with Crippen molar-refractivity contribution in [3.63, 3.8) is 0 Å². The molecule has 92 valence electrons. The van der Waals surface area contributed by atoms with Gasteiger partial charge in [-0.3, -0.25) is 19.8 Å². The van der Waals surface area contributed by atoms with Gasteiger partial charge in [0.15, 0.2) is 0 Å². The Morgan fingerprint density at radius 1 is 1.50 bits per heavy atom. The molecule has 1 atom stereocenters. The molecule has 5 nitrogen and oxygen atoms in total. The summed E-state index contributed by atoms with van der Waals surface area (Å²) in [6, 6.07) is -0.405. The first-order valence-corrected chi connectivity index (χ1v) is 5.52. The highest BCUT2D eigenvalue weighted by molar-refractivity contribution is 6.05. The number of hydrogen-bond acceptors (Lipinski definition) is 4. The van der Waals surface area contributed by atoms with Gasteiger partial charge < -0.3 is 4.74 Å². The molecule has 5 heteroatoms. The molecule has 0 aliphatic carbocycles. The first kappa shape index (κ1) is 13.1. The van der Waals surface area contributed by atoms with Crippen LogP contribution in [0.5, 0.6) is 0 Å². The Hall–Kier alpha value is -0.940. The zero-order chi connectivity index (χ0) is 12.3. The Kier molecular flexibility index (Phi) is 4.04. The summed E-state index contributed by atoms with van der Waals surface area (Å²) in [5.74, 6) is -0.227. The van der Waals surface area contributed by atoms with Crippen molar-refractivity contribution in [2.75, 3.05) is 20.3 Å². The molecule has 0 bridgehead atoms. The third kappa shape index (κ3) is 2.80. The summed E-state index contributed by atoms with van der Waals surface area (Å²) in [7, 11) is 1.61. The zero-order valence-corrected chi connectivity index (χ0v) is 10.4. The zero-order valence-electron chi connectivity index (χ0n) is 10.4. The van der Waals surface area contributed by atoms with Gasteiger partial charge in [-0.25, -0.2) is 0 Å². The quantitative estimate of drug-likeness (QED) is 0.680. The summed E-state index contributed by atoms with van der Waals surface area (Å²) in [4.78, 5) is 24.6. The lowest BCUT2D eigenvalue weighted by Gasteiger charge is -2.28. The molecule has 1 fully saturated rings. The van der Waals surface area contributed by atoms with E-state index in [0.717, 1.165) is 0 Å². The van der Waals surface area contributed by atoms with Crippen molar-refractivity contribution in [3.05, 3.63) is 0 Å². The molecule has 1 rings (SSSR count). The lowest BCUT2D eigenvalue weighted by Crippen LogP contribution is -2.51. The van der Waals surface area contributed by atoms with Gasteiger partial charge >= 0.3 is 0 Å². The highest BCUT2D eigenvalue weighted by atomic mass is 16.5. The molecule has 1 saturated heterocycles. The van der Waals surface area contributed by atoms with E-state index in [-0.39, 0.29) is 23.8 Å². The van der Waals surface area contributed by atoms with Crippen LogP contribution in [0.3, 0.4) is 0 Å². The van der Waals surface area contributed by atoms with Crippen LogP contribution in [0.25, 0.3) is 0 Å². The average Bonchev–Trinajstić information content (AvgIpc) is 2.41. The smallest absolute Gasteiger partial charge is 0.246 e. The van der Waals surface area contributed by atoms with Gasteiger partial charge in [0.05, 0.1) is 19.1 Å². The SMILES string of the molecule is CCN1C(=O)CC(NC(C)(C)COC)C1=O. The summed E-state index contributed by atoms with van der Waals surface area (Å²) >= 11 is 0. The topological polar surface area (TPSA) is 58.6 Å². The highest BCUT2D eigenvalue weighted by Crippen LogP contribution is 2.16. The second kappa shape index (κ2) is 4.93. The number of carbonyl (C=O) groups is 2. The van der Waals surface area contributed by atoms with Gasteiger partial charge in [0, 0.05) is 19.2 Å². The Balaban J connectivity index is 2.63. The predicted molar refractivity (Wildman–Crippen MR) is 59.9 cm³/mol. The van der Waals surface area contributed by atoms with E-state index in [1.165, 1.54) is 4.90 Å². The summed E-state index contributed by atoms with van der Waals surface area (Å²) in [6.45, 7) is 6.64. The van der Waals surface area contributed by atoms with Crippen LogP contribution >= 0.6 is 0 Å². The van der Waals surface area contributed by atoms with Gasteiger partial charge in [-0.05, 0) is 20.8 Å². The number of imide groups is 1. The normalized spacial score (nSPS) is 22.0. The van der Waals surface area contributed by atoms with Crippen LogP contribution in [-0.4, -0.2) is 48.6 Å². The van der Waals surface area contributed by atoms with Crippen molar-refractivity contribution in [2.45, 2.75) is 38.8 Å². The van der Waals surface area contributed by atoms with Gasteiger partial charge in [-0.2, -0.15) is 0 Å². The monoisotopic (exact) mass is 228 g/mol. The fourth-order valence-corrected chi connectivity index (χ4v) is 2.00. The first-order chi connectivity index (χ1) is 7.41. The van der Waals surface area contributed by atoms with E-state index >= 15 is 0 Å². The number of amides is 2. The maximum atomic E-state index is 11.8. The lowest BCUT2D eigenvalue weighted by molar-refractivity contribution is -0.138. The average molecular weight is 228 g/mol. The summed E-state index contributed by atoms with van der Waals surface area (Å²) < 4.78 is 5.06. The van der Waals surface area contributed by atoms with E-state index in [1.807, 2.05) is 13.8 Å². The van der Waals surface area contributed by atoms with Gasteiger partial charge in [0.2, 0.25) is 11.8 Å². The Morgan fingerprint density at radius 2 is 2.12 bits per heavy atom. The number of nitrogens with one attached hydrogen (secondary N) is 1. The Labute approximate surface area is 96.1 Å². The number of rotatable bonds is 5. The Bertz CT molecular complexity index is 289. The van der Waals surface area contributed by atoms with Gasteiger partial charge in [0.25, 0.3) is 0 Å². The van der Waals surface area contributed by atoms with Crippen molar-refractivity contribution >= 4 is 11.8 Å². The molecule has 16 heavy (non-hydrogen) atoms. The largest absolute Gasteiger partial charge is 0.383 e. The minimum atomic E-state index is -0.405. The molecule has 1 unspecified atom stereocenters. The van der Waals surface area contributed by atoms with Crippen LogP contribution in [0.1, 0.15) is 27.2 Å². The van der Waals surface area contributed by atoms with E-state index in [4.69, 9.17) is 4.74 Å². The van der Waals surface area contributed by atoms with E-state index < -0.39 is 6.04 Å². The second-order valence-corrected chi connectivity index (χ2v) is 4.69. The van der Waals surface area contributed by atoms with Crippen molar-refractivity contribution < 1.29 is 14.3 Å². The Morgan fingerprint density at radius 3 is 2.56 bits per heavy atom. The molecular weight excluding hydrogens is 208 g/mol. The van der Waals surface area contributed by atoms with Gasteiger partial charge in [-0.1, -0.05) is 0 Å². The summed E-state index contributed by atoms with van der Waals surface area (Å²) in [5.41, 5.74) is -0.306. The molecule has 1 N–H and O–H groups in total. The van der Waals surface area contributed by atoms with Crippen molar-refractivity contribution in [3.8, 4) is 0 Å². The molecule has 2 amide bonds. The van der Waals surface area contributed by atoms with Gasteiger partial charge in [0.1, 0.15) is 0 Å². The third-order valence-electron chi connectivity index (χ3n) is 2.63. The van der Waals surface area contributed by atoms with Crippen molar-refractivity contribution in [1.82, 2.24) is 10.2 Å². The van der Waals surface area contributed by atoms with Crippen LogP contribution in [0.15, 0.2) is 0 Å². The number of carbonyl (C=O) groups excluding carboxylic acids is 2. The lowest BCUT2D eigenvalue weighted by atomic mass is 10.0. The first-order valence-electron chi connectivity index (χ1n) is 5.52.